The van der Waals surface area contributed by atoms with Gasteiger partial charge in [0, 0.05) is 49.6 Å². The number of ether oxygens (including phenoxy) is 1. The number of benzene rings is 2. The van der Waals surface area contributed by atoms with E-state index in [0.717, 1.165) is 63.9 Å². The third kappa shape index (κ3) is 4.83. The van der Waals surface area contributed by atoms with E-state index < -0.39 is 17.5 Å². The largest absolute Gasteiger partial charge is 0.508 e. The van der Waals surface area contributed by atoms with E-state index in [1.807, 2.05) is 6.92 Å². The molecule has 0 amide bonds. The third-order valence-corrected chi connectivity index (χ3v) is 11.2. The summed E-state index contributed by atoms with van der Waals surface area (Å²) in [5.41, 5.74) is 1.25. The molecule has 5 aliphatic rings. The number of hydrogen-bond acceptors (Lipinski definition) is 8. The number of alkyl halides is 1. The Morgan fingerprint density at radius 3 is 2.60 bits per heavy atom. The summed E-state index contributed by atoms with van der Waals surface area (Å²) in [7, 11) is 0. The number of rotatable bonds is 7. The molecule has 2 bridgehead atoms. The lowest BCUT2D eigenvalue weighted by atomic mass is 9.94. The molecule has 2 aromatic heterocycles. The van der Waals surface area contributed by atoms with Gasteiger partial charge in [-0.05, 0) is 86.0 Å². The van der Waals surface area contributed by atoms with Crippen molar-refractivity contribution in [1.29, 1.82) is 0 Å². The van der Waals surface area contributed by atoms with Crippen LogP contribution in [0.25, 0.3) is 32.9 Å². The van der Waals surface area contributed by atoms with Crippen LogP contribution in [0, 0.1) is 11.6 Å². The van der Waals surface area contributed by atoms with Crippen LogP contribution in [-0.2, 0) is 6.42 Å². The lowest BCUT2D eigenvalue weighted by Gasteiger charge is -2.35. The van der Waals surface area contributed by atoms with Gasteiger partial charge in [0.1, 0.15) is 41.4 Å². The molecular weight excluding hydrogens is 605 g/mol. The fraction of sp³-hybridized carbons (Fsp3) is 0.528. The molecule has 0 unspecified atom stereocenters. The molecule has 6 heterocycles. The lowest BCUT2D eigenvalue weighted by Crippen LogP contribution is -2.51. The summed E-state index contributed by atoms with van der Waals surface area (Å²) in [5.74, 6) is -0.351. The van der Waals surface area contributed by atoms with Crippen molar-refractivity contribution in [1.82, 2.24) is 25.2 Å². The van der Waals surface area contributed by atoms with E-state index in [1.54, 1.807) is 12.1 Å². The van der Waals surface area contributed by atoms with E-state index in [0.29, 0.717) is 64.6 Å². The summed E-state index contributed by atoms with van der Waals surface area (Å²) in [6.45, 7) is 4.79. The first kappa shape index (κ1) is 29.4. The van der Waals surface area contributed by atoms with Gasteiger partial charge in [0.25, 0.3) is 0 Å². The Morgan fingerprint density at radius 2 is 1.83 bits per heavy atom. The second-order valence-electron chi connectivity index (χ2n) is 14.4. The fourth-order valence-corrected chi connectivity index (χ4v) is 8.94. The molecule has 1 saturated carbocycles. The smallest absolute Gasteiger partial charge is 0.319 e. The van der Waals surface area contributed by atoms with Gasteiger partial charge in [-0.3, -0.25) is 4.90 Å². The quantitative estimate of drug-likeness (QED) is 0.247. The number of aromatic hydroxyl groups is 1. The average Bonchev–Trinajstić information content (AvgIpc) is 3.65. The molecule has 9 rings (SSSR count). The molecule has 5 fully saturated rings. The van der Waals surface area contributed by atoms with E-state index in [1.165, 1.54) is 12.1 Å². The number of anilines is 1. The zero-order valence-corrected chi connectivity index (χ0v) is 26.5. The highest BCUT2D eigenvalue weighted by molar-refractivity contribution is 6.02. The highest BCUT2D eigenvalue weighted by Gasteiger charge is 2.49. The van der Waals surface area contributed by atoms with Crippen LogP contribution in [0.3, 0.4) is 0 Å². The fourth-order valence-electron chi connectivity index (χ4n) is 8.94. The summed E-state index contributed by atoms with van der Waals surface area (Å²) in [5, 5.41) is 16.2. The average molecular weight is 645 g/mol. The van der Waals surface area contributed by atoms with Crippen LogP contribution in [0.4, 0.5) is 19.0 Å². The first-order chi connectivity index (χ1) is 22.8. The van der Waals surface area contributed by atoms with Crippen LogP contribution >= 0.6 is 0 Å². The maximum absolute atomic E-state index is 17.2. The van der Waals surface area contributed by atoms with E-state index in [-0.39, 0.29) is 41.3 Å². The van der Waals surface area contributed by atoms with E-state index in [2.05, 4.69) is 15.1 Å². The van der Waals surface area contributed by atoms with Crippen molar-refractivity contribution >= 4 is 27.5 Å². The number of pyridine rings is 1. The molecule has 1 aliphatic carbocycles. The number of aryl methyl sites for hydroxylation is 1. The summed E-state index contributed by atoms with van der Waals surface area (Å²) in [4.78, 5) is 19.2. The SMILES string of the molecule is CCc1c(F)ccc2cc(O)cc(-c3nc(C4CC4)c4c(N5C[C@H]6CC[C@@H](C5)N6)nc(OC[C@@]56CCCN5C[C@H](F)C6)nc4c3F)c12. The maximum atomic E-state index is 17.2. The highest BCUT2D eigenvalue weighted by atomic mass is 19.1. The van der Waals surface area contributed by atoms with Crippen LogP contribution in [0.15, 0.2) is 24.3 Å². The molecule has 0 spiro atoms. The van der Waals surface area contributed by atoms with Crippen LogP contribution in [0.5, 0.6) is 11.8 Å². The Morgan fingerprint density at radius 1 is 1.02 bits per heavy atom. The second kappa shape index (κ2) is 10.9. The molecule has 2 N–H and O–H groups in total. The lowest BCUT2D eigenvalue weighted by molar-refractivity contribution is 0.107. The number of nitrogens with zero attached hydrogens (tertiary/aromatic N) is 5. The van der Waals surface area contributed by atoms with Gasteiger partial charge in [0.2, 0.25) is 0 Å². The second-order valence-corrected chi connectivity index (χ2v) is 14.4. The van der Waals surface area contributed by atoms with Crippen molar-refractivity contribution in [3.8, 4) is 23.0 Å². The van der Waals surface area contributed by atoms with Gasteiger partial charge >= 0.3 is 6.01 Å². The minimum atomic E-state index is -0.898. The standard InChI is InChI=1S/C36H39F3N6O2/c1-2-25-27(38)9-6-20-12-24(46)13-26(28(20)25)32-30(39)33-29(31(41-32)19-4-5-19)34(44-16-22-7-8-23(17-44)40-22)43-35(42-33)47-18-36-10-3-11-45(36)15-21(37)14-36/h6,9,12-13,19,21-23,40,46H,2-5,7-8,10-11,14-18H2,1H3/t21-,22-,23+,36+/m1/s1. The molecule has 11 heteroatoms. The van der Waals surface area contributed by atoms with E-state index >= 15 is 8.78 Å². The molecule has 8 nitrogen and oxygen atoms in total. The Kier molecular flexibility index (Phi) is 6.84. The van der Waals surface area contributed by atoms with Gasteiger partial charge in [-0.15, -0.1) is 0 Å². The first-order valence-electron chi connectivity index (χ1n) is 17.2. The highest BCUT2D eigenvalue weighted by Crippen LogP contribution is 2.48. The summed E-state index contributed by atoms with van der Waals surface area (Å²) in [6.07, 6.45) is 5.69. The molecule has 4 saturated heterocycles. The minimum absolute atomic E-state index is 0.0354. The predicted octanol–water partition coefficient (Wildman–Crippen LogP) is 6.16. The van der Waals surface area contributed by atoms with Crippen LogP contribution in [0.1, 0.15) is 69.0 Å². The molecule has 4 aliphatic heterocycles. The minimum Gasteiger partial charge on any atom is -0.508 e. The van der Waals surface area contributed by atoms with Gasteiger partial charge in [0.05, 0.1) is 16.6 Å². The van der Waals surface area contributed by atoms with Crippen molar-refractivity contribution in [2.24, 2.45) is 0 Å². The van der Waals surface area contributed by atoms with E-state index in [4.69, 9.17) is 19.7 Å². The molecule has 47 heavy (non-hydrogen) atoms. The van der Waals surface area contributed by atoms with Crippen molar-refractivity contribution < 1.29 is 23.0 Å². The molecule has 4 aromatic rings. The Bertz CT molecular complexity index is 1910. The van der Waals surface area contributed by atoms with Crippen molar-refractivity contribution in [3.05, 3.63) is 47.2 Å². The van der Waals surface area contributed by atoms with Gasteiger partial charge in [-0.1, -0.05) is 13.0 Å². The van der Waals surface area contributed by atoms with Crippen LogP contribution < -0.4 is 15.0 Å². The number of piperazine rings is 1. The zero-order chi connectivity index (χ0) is 32.0. The number of phenolic OH excluding ortho intramolecular Hbond substituents is 1. The van der Waals surface area contributed by atoms with Crippen molar-refractivity contribution in [2.45, 2.75) is 88.0 Å². The topological polar surface area (TPSA) is 86.6 Å². The first-order valence-corrected chi connectivity index (χ1v) is 17.2. The summed E-state index contributed by atoms with van der Waals surface area (Å²) >= 11 is 0. The number of nitrogens with one attached hydrogen (secondary N) is 1. The van der Waals surface area contributed by atoms with Gasteiger partial charge in [0.15, 0.2) is 5.82 Å². The monoisotopic (exact) mass is 644 g/mol. The van der Waals surface area contributed by atoms with Gasteiger partial charge in [-0.25, -0.2) is 18.2 Å². The Hall–Kier alpha value is -3.70. The molecular formula is C36H39F3N6O2. The number of phenols is 1. The number of hydrogen-bond donors (Lipinski definition) is 2. The molecule has 0 radical (unpaired) electrons. The number of aromatic nitrogens is 3. The van der Waals surface area contributed by atoms with Crippen LogP contribution in [-0.4, -0.2) is 81.5 Å². The predicted molar refractivity (Wildman–Crippen MR) is 174 cm³/mol. The summed E-state index contributed by atoms with van der Waals surface area (Å²) < 4.78 is 53.3. The number of fused-ring (bicyclic) bond motifs is 5. The van der Waals surface area contributed by atoms with Gasteiger partial charge < -0.3 is 20.1 Å². The van der Waals surface area contributed by atoms with Crippen LogP contribution in [0.2, 0.25) is 0 Å². The van der Waals surface area contributed by atoms with Gasteiger partial charge in [-0.2, -0.15) is 9.97 Å². The normalized spacial score (nSPS) is 27.3. The van der Waals surface area contributed by atoms with Crippen molar-refractivity contribution in [2.75, 3.05) is 37.7 Å². The Labute approximate surface area is 271 Å². The molecule has 246 valence electrons. The number of halogens is 3. The van der Waals surface area contributed by atoms with E-state index in [9.17, 15) is 9.50 Å². The molecule has 2 aromatic carbocycles. The zero-order valence-electron chi connectivity index (χ0n) is 26.5. The maximum Gasteiger partial charge on any atom is 0.319 e. The summed E-state index contributed by atoms with van der Waals surface area (Å²) in [6, 6.07) is 6.74. The van der Waals surface area contributed by atoms with Crippen molar-refractivity contribution in [3.63, 3.8) is 0 Å². The Balaban J connectivity index is 1.25. The third-order valence-electron chi connectivity index (χ3n) is 11.2. The molecule has 4 atom stereocenters.